The first-order valence-electron chi connectivity index (χ1n) is 11.1. The summed E-state index contributed by atoms with van der Waals surface area (Å²) in [5, 5.41) is 6.80. The Balaban J connectivity index is 0.00000320. The number of guanidine groups is 1. The second kappa shape index (κ2) is 12.5. The number of rotatable bonds is 7. The first-order valence-corrected chi connectivity index (χ1v) is 11.1. The number of halogens is 1. The van der Waals surface area contributed by atoms with Gasteiger partial charge in [0, 0.05) is 51.9 Å². The third kappa shape index (κ3) is 7.41. The highest BCUT2D eigenvalue weighted by atomic mass is 127. The largest absolute Gasteiger partial charge is 0.356 e. The number of anilines is 1. The Morgan fingerprint density at radius 3 is 2.43 bits per heavy atom. The summed E-state index contributed by atoms with van der Waals surface area (Å²) in [4.78, 5) is 20.7. The molecule has 3 rings (SSSR count). The molecule has 2 heterocycles. The SMILES string of the molecule is CN=C(NCCCN1CC(C)CC(C)C1)NCc1ccc(N2CCCC2=O)cc1.I. The molecular formula is C23H38IN5O. The van der Waals surface area contributed by atoms with E-state index < -0.39 is 0 Å². The van der Waals surface area contributed by atoms with Crippen LogP contribution >= 0.6 is 24.0 Å². The lowest BCUT2D eigenvalue weighted by Crippen LogP contribution is -2.41. The van der Waals surface area contributed by atoms with Crippen LogP contribution in [0.1, 0.15) is 45.1 Å². The van der Waals surface area contributed by atoms with Crippen molar-refractivity contribution in [2.75, 3.05) is 44.7 Å². The number of nitrogens with one attached hydrogen (secondary N) is 2. The van der Waals surface area contributed by atoms with Gasteiger partial charge in [0.15, 0.2) is 5.96 Å². The van der Waals surface area contributed by atoms with E-state index >= 15 is 0 Å². The Labute approximate surface area is 198 Å². The Morgan fingerprint density at radius 1 is 1.13 bits per heavy atom. The number of carbonyl (C=O) groups is 1. The Morgan fingerprint density at radius 2 is 1.83 bits per heavy atom. The normalized spacial score (nSPS) is 22.7. The van der Waals surface area contributed by atoms with Gasteiger partial charge in [-0.25, -0.2) is 0 Å². The van der Waals surface area contributed by atoms with Crippen LogP contribution in [-0.2, 0) is 11.3 Å². The fourth-order valence-electron chi connectivity index (χ4n) is 4.61. The molecule has 0 spiro atoms. The van der Waals surface area contributed by atoms with Crippen molar-refractivity contribution in [3.05, 3.63) is 29.8 Å². The van der Waals surface area contributed by atoms with E-state index in [2.05, 4.69) is 46.5 Å². The fourth-order valence-corrected chi connectivity index (χ4v) is 4.61. The van der Waals surface area contributed by atoms with Crippen molar-refractivity contribution in [2.45, 2.75) is 46.1 Å². The molecule has 2 aliphatic rings. The number of hydrogen-bond acceptors (Lipinski definition) is 3. The van der Waals surface area contributed by atoms with Gasteiger partial charge >= 0.3 is 0 Å². The lowest BCUT2D eigenvalue weighted by atomic mass is 9.92. The molecule has 2 aliphatic heterocycles. The van der Waals surface area contributed by atoms with Crippen molar-refractivity contribution in [2.24, 2.45) is 16.8 Å². The molecule has 7 heteroatoms. The summed E-state index contributed by atoms with van der Waals surface area (Å²) in [7, 11) is 1.81. The van der Waals surface area contributed by atoms with Crippen LogP contribution in [-0.4, -0.2) is 56.5 Å². The molecule has 0 saturated carbocycles. The van der Waals surface area contributed by atoms with Gasteiger partial charge in [-0.05, 0) is 55.3 Å². The highest BCUT2D eigenvalue weighted by molar-refractivity contribution is 14.0. The fraction of sp³-hybridized carbons (Fsp3) is 0.652. The molecule has 0 radical (unpaired) electrons. The maximum atomic E-state index is 11.9. The summed E-state index contributed by atoms with van der Waals surface area (Å²) in [6.45, 7) is 10.8. The van der Waals surface area contributed by atoms with E-state index in [0.717, 1.165) is 62.5 Å². The molecule has 2 fully saturated rings. The average molecular weight is 527 g/mol. The van der Waals surface area contributed by atoms with Crippen molar-refractivity contribution >= 4 is 41.5 Å². The maximum absolute atomic E-state index is 11.9. The molecule has 168 valence electrons. The number of nitrogens with zero attached hydrogens (tertiary/aromatic N) is 3. The van der Waals surface area contributed by atoms with Gasteiger partial charge in [0.05, 0.1) is 0 Å². The lowest BCUT2D eigenvalue weighted by molar-refractivity contribution is -0.117. The Kier molecular flexibility index (Phi) is 10.4. The molecule has 2 atom stereocenters. The van der Waals surface area contributed by atoms with Crippen LogP contribution in [0.3, 0.4) is 0 Å². The van der Waals surface area contributed by atoms with E-state index in [4.69, 9.17) is 0 Å². The van der Waals surface area contributed by atoms with Crippen molar-refractivity contribution in [3.63, 3.8) is 0 Å². The molecule has 6 nitrogen and oxygen atoms in total. The minimum atomic E-state index is 0. The molecule has 30 heavy (non-hydrogen) atoms. The van der Waals surface area contributed by atoms with E-state index in [-0.39, 0.29) is 29.9 Å². The van der Waals surface area contributed by atoms with Crippen LogP contribution < -0.4 is 15.5 Å². The van der Waals surface area contributed by atoms with Crippen molar-refractivity contribution in [1.29, 1.82) is 0 Å². The molecule has 1 aromatic carbocycles. The number of piperidine rings is 1. The first-order chi connectivity index (χ1) is 14.0. The van der Waals surface area contributed by atoms with Crippen LogP contribution in [0.4, 0.5) is 5.69 Å². The van der Waals surface area contributed by atoms with E-state index in [9.17, 15) is 4.79 Å². The molecule has 0 aromatic heterocycles. The zero-order valence-corrected chi connectivity index (χ0v) is 21.0. The molecule has 0 bridgehead atoms. The van der Waals surface area contributed by atoms with Crippen LogP contribution in [0.25, 0.3) is 0 Å². The van der Waals surface area contributed by atoms with Gasteiger partial charge in [-0.1, -0.05) is 26.0 Å². The maximum Gasteiger partial charge on any atom is 0.227 e. The van der Waals surface area contributed by atoms with Crippen molar-refractivity contribution in [3.8, 4) is 0 Å². The number of benzene rings is 1. The van der Waals surface area contributed by atoms with Gasteiger partial charge in [-0.3, -0.25) is 9.79 Å². The van der Waals surface area contributed by atoms with E-state index in [0.29, 0.717) is 6.42 Å². The van der Waals surface area contributed by atoms with Crippen molar-refractivity contribution in [1.82, 2.24) is 15.5 Å². The lowest BCUT2D eigenvalue weighted by Gasteiger charge is -2.35. The summed E-state index contributed by atoms with van der Waals surface area (Å²) in [6, 6.07) is 8.24. The highest BCUT2D eigenvalue weighted by Gasteiger charge is 2.22. The summed E-state index contributed by atoms with van der Waals surface area (Å²) in [5.74, 6) is 2.70. The molecule has 2 unspecified atom stereocenters. The molecule has 1 aromatic rings. The number of aliphatic imine (C=N–C) groups is 1. The Bertz CT molecular complexity index is 683. The van der Waals surface area contributed by atoms with Gasteiger partial charge in [-0.2, -0.15) is 0 Å². The third-order valence-corrected chi connectivity index (χ3v) is 5.89. The minimum absolute atomic E-state index is 0. The van der Waals surface area contributed by atoms with Gasteiger partial charge in [-0.15, -0.1) is 24.0 Å². The van der Waals surface area contributed by atoms with Crippen LogP contribution in [0.2, 0.25) is 0 Å². The summed E-state index contributed by atoms with van der Waals surface area (Å²) in [6.07, 6.45) is 4.11. The smallest absolute Gasteiger partial charge is 0.227 e. The monoisotopic (exact) mass is 527 g/mol. The quantitative estimate of drug-likeness (QED) is 0.247. The van der Waals surface area contributed by atoms with Gasteiger partial charge in [0.25, 0.3) is 0 Å². The number of hydrogen-bond donors (Lipinski definition) is 2. The number of carbonyl (C=O) groups excluding carboxylic acids is 1. The molecule has 0 aliphatic carbocycles. The van der Waals surface area contributed by atoms with E-state index in [1.807, 2.05) is 24.1 Å². The van der Waals surface area contributed by atoms with Crippen molar-refractivity contribution < 1.29 is 4.79 Å². The third-order valence-electron chi connectivity index (χ3n) is 5.89. The van der Waals surface area contributed by atoms with Gasteiger partial charge in [0.2, 0.25) is 5.91 Å². The van der Waals surface area contributed by atoms with Crippen LogP contribution in [0.5, 0.6) is 0 Å². The number of amides is 1. The predicted molar refractivity (Wildman–Crippen MR) is 136 cm³/mol. The summed E-state index contributed by atoms with van der Waals surface area (Å²) in [5.41, 5.74) is 2.18. The molecular weight excluding hydrogens is 489 g/mol. The molecule has 2 N–H and O–H groups in total. The highest BCUT2D eigenvalue weighted by Crippen LogP contribution is 2.22. The Hall–Kier alpha value is -1.35. The minimum Gasteiger partial charge on any atom is -0.356 e. The molecule has 2 saturated heterocycles. The van der Waals surface area contributed by atoms with Gasteiger partial charge in [0.1, 0.15) is 0 Å². The number of likely N-dealkylation sites (tertiary alicyclic amines) is 1. The standard InChI is InChI=1S/C23H37N5O.HI/c1-18-14-19(2)17-27(16-18)12-5-11-25-23(24-3)26-15-20-7-9-21(10-8-20)28-13-4-6-22(28)29;/h7-10,18-19H,4-6,11-17H2,1-3H3,(H2,24,25,26);1H. The summed E-state index contributed by atoms with van der Waals surface area (Å²) >= 11 is 0. The second-order valence-corrected chi connectivity index (χ2v) is 8.73. The van der Waals surface area contributed by atoms with Gasteiger partial charge < -0.3 is 20.4 Å². The first kappa shape index (κ1) is 24.9. The molecule has 1 amide bonds. The van der Waals surface area contributed by atoms with Crippen LogP contribution in [0, 0.1) is 11.8 Å². The topological polar surface area (TPSA) is 60.0 Å². The second-order valence-electron chi connectivity index (χ2n) is 8.73. The average Bonchev–Trinajstić information content (AvgIpc) is 3.13. The van der Waals surface area contributed by atoms with E-state index in [1.165, 1.54) is 25.1 Å². The van der Waals surface area contributed by atoms with E-state index in [1.54, 1.807) is 0 Å². The summed E-state index contributed by atoms with van der Waals surface area (Å²) < 4.78 is 0. The predicted octanol–water partition coefficient (Wildman–Crippen LogP) is 3.46. The zero-order chi connectivity index (χ0) is 20.6. The van der Waals surface area contributed by atoms with Crippen LogP contribution in [0.15, 0.2) is 29.3 Å². The zero-order valence-electron chi connectivity index (χ0n) is 18.7.